The van der Waals surface area contributed by atoms with Crippen molar-refractivity contribution < 1.29 is 18.4 Å². The first-order valence-electron chi connectivity index (χ1n) is 4.93. The molecule has 0 aliphatic carbocycles. The lowest BCUT2D eigenvalue weighted by Gasteiger charge is -2.09. The highest BCUT2D eigenvalue weighted by molar-refractivity contribution is 5.83. The predicted octanol–water partition coefficient (Wildman–Crippen LogP) is 1.99. The minimum Gasteiger partial charge on any atom is -0.352 e. The molecule has 17 heavy (non-hydrogen) atoms. The number of benzene rings is 1. The molecule has 0 spiro atoms. The van der Waals surface area contributed by atoms with Crippen LogP contribution < -0.4 is 5.32 Å². The fraction of sp³-hybridized carbons (Fsp3) is 0.300. The highest BCUT2D eigenvalue weighted by Gasteiger charge is 2.30. The Kier molecular flexibility index (Phi) is 2.93. The Morgan fingerprint density at radius 2 is 2.12 bits per heavy atom. The van der Waals surface area contributed by atoms with Gasteiger partial charge in [0.05, 0.1) is 17.8 Å². The van der Waals surface area contributed by atoms with E-state index in [0.717, 1.165) is 17.2 Å². The normalized spacial score (nSPS) is 18.6. The molecular formula is C10H10F3N3O. The lowest BCUT2D eigenvalue weighted by molar-refractivity contribution is -0.137. The van der Waals surface area contributed by atoms with Crippen molar-refractivity contribution in [2.24, 2.45) is 4.99 Å². The number of guanidine groups is 1. The summed E-state index contributed by atoms with van der Waals surface area (Å²) < 4.78 is 37.3. The van der Waals surface area contributed by atoms with E-state index in [0.29, 0.717) is 13.1 Å². The highest BCUT2D eigenvalue weighted by Crippen LogP contribution is 2.31. The van der Waals surface area contributed by atoms with E-state index in [1.165, 1.54) is 12.1 Å². The number of halogens is 3. The molecule has 0 radical (unpaired) electrons. The fourth-order valence-electron chi connectivity index (χ4n) is 1.44. The maximum absolute atomic E-state index is 12.4. The first-order chi connectivity index (χ1) is 7.97. The van der Waals surface area contributed by atoms with Crippen LogP contribution >= 0.6 is 0 Å². The molecule has 1 aromatic rings. The van der Waals surface area contributed by atoms with Gasteiger partial charge in [0.25, 0.3) is 0 Å². The Labute approximate surface area is 95.3 Å². The van der Waals surface area contributed by atoms with Crippen molar-refractivity contribution in [1.29, 1.82) is 0 Å². The van der Waals surface area contributed by atoms with E-state index >= 15 is 0 Å². The molecule has 1 aliphatic rings. The molecule has 1 heterocycles. The second-order valence-electron chi connectivity index (χ2n) is 3.53. The van der Waals surface area contributed by atoms with Gasteiger partial charge in [-0.1, -0.05) is 6.07 Å². The highest BCUT2D eigenvalue weighted by atomic mass is 19.4. The monoisotopic (exact) mass is 245 g/mol. The Morgan fingerprint density at radius 1 is 1.35 bits per heavy atom. The second kappa shape index (κ2) is 4.25. The van der Waals surface area contributed by atoms with Gasteiger partial charge in [-0.25, -0.2) is 10.1 Å². The zero-order valence-corrected chi connectivity index (χ0v) is 8.70. The van der Waals surface area contributed by atoms with Crippen molar-refractivity contribution in [2.45, 2.75) is 6.18 Å². The van der Waals surface area contributed by atoms with Gasteiger partial charge in [-0.05, 0) is 18.2 Å². The van der Waals surface area contributed by atoms with Crippen LogP contribution in [0.5, 0.6) is 0 Å². The molecule has 0 unspecified atom stereocenters. The number of nitrogens with one attached hydrogen (secondary N) is 1. The van der Waals surface area contributed by atoms with Crippen molar-refractivity contribution in [3.05, 3.63) is 29.8 Å². The van der Waals surface area contributed by atoms with E-state index < -0.39 is 11.7 Å². The van der Waals surface area contributed by atoms with E-state index in [2.05, 4.69) is 10.3 Å². The van der Waals surface area contributed by atoms with E-state index in [4.69, 9.17) is 0 Å². The van der Waals surface area contributed by atoms with Crippen molar-refractivity contribution in [1.82, 2.24) is 10.4 Å². The summed E-state index contributed by atoms with van der Waals surface area (Å²) in [6, 6.07) is 4.62. The molecule has 0 aromatic heterocycles. The number of alkyl halides is 3. The van der Waals surface area contributed by atoms with Crippen molar-refractivity contribution in [2.75, 3.05) is 13.1 Å². The molecule has 1 aromatic carbocycles. The molecule has 0 amide bonds. The lowest BCUT2D eigenvalue weighted by atomic mass is 10.2. The first-order valence-corrected chi connectivity index (χ1v) is 4.93. The molecule has 0 atom stereocenters. The van der Waals surface area contributed by atoms with Gasteiger partial charge in [0.15, 0.2) is 0 Å². The molecule has 4 nitrogen and oxygen atoms in total. The van der Waals surface area contributed by atoms with Gasteiger partial charge in [0.2, 0.25) is 5.96 Å². The van der Waals surface area contributed by atoms with Gasteiger partial charge >= 0.3 is 6.18 Å². The maximum Gasteiger partial charge on any atom is 0.416 e. The summed E-state index contributed by atoms with van der Waals surface area (Å²) >= 11 is 0. The average molecular weight is 245 g/mol. The molecule has 1 saturated heterocycles. The lowest BCUT2D eigenvalue weighted by Crippen LogP contribution is -2.26. The van der Waals surface area contributed by atoms with Gasteiger partial charge in [-0.15, -0.1) is 0 Å². The number of aliphatic imine (C=N–C) groups is 1. The van der Waals surface area contributed by atoms with E-state index in [1.54, 1.807) is 0 Å². The summed E-state index contributed by atoms with van der Waals surface area (Å²) in [7, 11) is 0. The van der Waals surface area contributed by atoms with Crippen LogP contribution in [0.1, 0.15) is 5.56 Å². The number of hydrogen-bond donors (Lipinski definition) is 2. The summed E-state index contributed by atoms with van der Waals surface area (Å²) in [6.07, 6.45) is -4.39. The molecule has 1 aliphatic heterocycles. The summed E-state index contributed by atoms with van der Waals surface area (Å²) in [5.41, 5.74) is -0.620. The van der Waals surface area contributed by atoms with Gasteiger partial charge in [-0.2, -0.15) is 13.2 Å². The fourth-order valence-corrected chi connectivity index (χ4v) is 1.44. The van der Waals surface area contributed by atoms with Gasteiger partial charge in [0.1, 0.15) is 0 Å². The largest absolute Gasteiger partial charge is 0.416 e. The summed E-state index contributed by atoms with van der Waals surface area (Å²) in [5.74, 6) is 0.157. The average Bonchev–Trinajstić information content (AvgIpc) is 2.64. The Hall–Kier alpha value is -1.76. The summed E-state index contributed by atoms with van der Waals surface area (Å²) in [6.45, 7) is 0.867. The quantitative estimate of drug-likeness (QED) is 0.795. The molecule has 7 heteroatoms. The summed E-state index contributed by atoms with van der Waals surface area (Å²) in [5, 5.41) is 12.9. The van der Waals surface area contributed by atoms with Crippen LogP contribution in [0.15, 0.2) is 29.3 Å². The van der Waals surface area contributed by atoms with Crippen LogP contribution in [0.3, 0.4) is 0 Å². The third kappa shape index (κ3) is 2.68. The Bertz CT molecular complexity index is 445. The Morgan fingerprint density at radius 3 is 2.71 bits per heavy atom. The van der Waals surface area contributed by atoms with Gasteiger partial charge in [0, 0.05) is 6.54 Å². The molecule has 0 bridgehead atoms. The molecule has 0 saturated carbocycles. The van der Waals surface area contributed by atoms with Crippen LogP contribution in [0.4, 0.5) is 18.9 Å². The third-order valence-electron chi connectivity index (χ3n) is 2.26. The SMILES string of the molecule is ON1CCN/C1=N\c1cccc(C(F)(F)F)c1. The van der Waals surface area contributed by atoms with Gasteiger partial charge < -0.3 is 5.32 Å². The van der Waals surface area contributed by atoms with E-state index in [1.807, 2.05) is 0 Å². The number of hydrogen-bond acceptors (Lipinski definition) is 2. The van der Waals surface area contributed by atoms with E-state index in [9.17, 15) is 18.4 Å². The summed E-state index contributed by atoms with van der Waals surface area (Å²) in [4.78, 5) is 3.89. The number of hydroxylamine groups is 2. The second-order valence-corrected chi connectivity index (χ2v) is 3.53. The maximum atomic E-state index is 12.4. The standard InChI is InChI=1S/C10H10F3N3O/c11-10(12,13)7-2-1-3-8(6-7)15-9-14-4-5-16(9)17/h1-3,6,17H,4-5H2,(H,14,15). The van der Waals surface area contributed by atoms with Crippen LogP contribution in [0.2, 0.25) is 0 Å². The molecule has 1 fully saturated rings. The minimum atomic E-state index is -4.39. The Balaban J connectivity index is 2.28. The number of rotatable bonds is 1. The molecule has 2 rings (SSSR count). The zero-order chi connectivity index (χ0) is 12.5. The van der Waals surface area contributed by atoms with Crippen molar-refractivity contribution in [3.8, 4) is 0 Å². The van der Waals surface area contributed by atoms with Crippen LogP contribution in [-0.2, 0) is 6.18 Å². The van der Waals surface area contributed by atoms with Crippen LogP contribution in [0, 0.1) is 0 Å². The van der Waals surface area contributed by atoms with Crippen molar-refractivity contribution >= 4 is 11.6 Å². The van der Waals surface area contributed by atoms with Gasteiger partial charge in [-0.3, -0.25) is 5.21 Å². The molecule has 92 valence electrons. The number of nitrogens with zero attached hydrogens (tertiary/aromatic N) is 2. The molecule has 2 N–H and O–H groups in total. The molecular weight excluding hydrogens is 235 g/mol. The smallest absolute Gasteiger partial charge is 0.352 e. The van der Waals surface area contributed by atoms with Crippen LogP contribution in [0.25, 0.3) is 0 Å². The predicted molar refractivity (Wildman–Crippen MR) is 55.0 cm³/mol. The third-order valence-corrected chi connectivity index (χ3v) is 2.26. The minimum absolute atomic E-state index is 0.142. The first kappa shape index (κ1) is 11.7. The van der Waals surface area contributed by atoms with E-state index in [-0.39, 0.29) is 11.6 Å². The zero-order valence-electron chi connectivity index (χ0n) is 8.70. The van der Waals surface area contributed by atoms with Crippen LogP contribution in [-0.4, -0.2) is 29.3 Å². The topological polar surface area (TPSA) is 47.9 Å². The van der Waals surface area contributed by atoms with Crippen molar-refractivity contribution in [3.63, 3.8) is 0 Å².